The van der Waals surface area contributed by atoms with Gasteiger partial charge in [-0.2, -0.15) is 0 Å². The van der Waals surface area contributed by atoms with Crippen LogP contribution in [0.25, 0.3) is 0 Å². The van der Waals surface area contributed by atoms with E-state index in [1.807, 2.05) is 6.92 Å². The lowest BCUT2D eigenvalue weighted by atomic mass is 9.78. The number of carbonyl (C=O) groups is 1. The molecule has 0 aliphatic carbocycles. The van der Waals surface area contributed by atoms with Crippen LogP contribution in [0.4, 0.5) is 0 Å². The topological polar surface area (TPSA) is 29.1 Å². The molecule has 1 heterocycles. The van der Waals surface area contributed by atoms with Gasteiger partial charge < -0.3 is 5.32 Å². The maximum Gasteiger partial charge on any atom is 0.223 e. The fourth-order valence-electron chi connectivity index (χ4n) is 2.76. The van der Waals surface area contributed by atoms with Crippen LogP contribution >= 0.6 is 0 Å². The molecular formula is C14H19NO. The highest BCUT2D eigenvalue weighted by molar-refractivity contribution is 5.83. The van der Waals surface area contributed by atoms with E-state index in [1.165, 1.54) is 11.1 Å². The van der Waals surface area contributed by atoms with Crippen molar-refractivity contribution in [3.63, 3.8) is 0 Å². The van der Waals surface area contributed by atoms with Gasteiger partial charge in [0.05, 0.1) is 0 Å². The Balaban J connectivity index is 2.39. The van der Waals surface area contributed by atoms with E-state index in [2.05, 4.69) is 50.4 Å². The molecule has 0 bridgehead atoms. The minimum absolute atomic E-state index is 0.0534. The SMILES string of the molecule is Cc1ccc([C@H]2[C@H](C)C(=O)NC2(C)C)cc1. The van der Waals surface area contributed by atoms with Gasteiger partial charge in [0.25, 0.3) is 0 Å². The number of benzene rings is 1. The van der Waals surface area contributed by atoms with Crippen LogP contribution in [0.2, 0.25) is 0 Å². The number of aryl methyl sites for hydroxylation is 1. The number of rotatable bonds is 1. The molecule has 2 atom stereocenters. The molecule has 1 saturated heterocycles. The summed E-state index contributed by atoms with van der Waals surface area (Å²) in [5.41, 5.74) is 2.36. The quantitative estimate of drug-likeness (QED) is 0.769. The van der Waals surface area contributed by atoms with Crippen LogP contribution in [-0.2, 0) is 4.79 Å². The Morgan fingerprint density at radius 2 is 1.75 bits per heavy atom. The van der Waals surface area contributed by atoms with E-state index < -0.39 is 0 Å². The van der Waals surface area contributed by atoms with Crippen LogP contribution in [0.15, 0.2) is 24.3 Å². The number of amides is 1. The van der Waals surface area contributed by atoms with Crippen molar-refractivity contribution in [3.05, 3.63) is 35.4 Å². The van der Waals surface area contributed by atoms with Crippen LogP contribution in [-0.4, -0.2) is 11.4 Å². The fourth-order valence-corrected chi connectivity index (χ4v) is 2.76. The minimum atomic E-state index is -0.147. The maximum atomic E-state index is 11.7. The first-order valence-corrected chi connectivity index (χ1v) is 5.80. The van der Waals surface area contributed by atoms with Gasteiger partial charge in [-0.3, -0.25) is 4.79 Å². The number of nitrogens with one attached hydrogen (secondary N) is 1. The Morgan fingerprint density at radius 1 is 1.19 bits per heavy atom. The molecule has 1 aliphatic heterocycles. The van der Waals surface area contributed by atoms with Gasteiger partial charge in [0.15, 0.2) is 0 Å². The summed E-state index contributed by atoms with van der Waals surface area (Å²) in [6.45, 7) is 8.28. The third-order valence-corrected chi connectivity index (χ3v) is 3.57. The Labute approximate surface area is 97.1 Å². The van der Waals surface area contributed by atoms with E-state index in [1.54, 1.807) is 0 Å². The molecule has 1 aromatic carbocycles. The van der Waals surface area contributed by atoms with Gasteiger partial charge in [0.1, 0.15) is 0 Å². The summed E-state index contributed by atoms with van der Waals surface area (Å²) in [7, 11) is 0. The van der Waals surface area contributed by atoms with Crippen LogP contribution in [0.3, 0.4) is 0 Å². The van der Waals surface area contributed by atoms with Crippen molar-refractivity contribution in [1.82, 2.24) is 5.32 Å². The summed E-state index contributed by atoms with van der Waals surface area (Å²) in [6, 6.07) is 8.50. The summed E-state index contributed by atoms with van der Waals surface area (Å²) < 4.78 is 0. The third kappa shape index (κ3) is 1.73. The van der Waals surface area contributed by atoms with Crippen molar-refractivity contribution >= 4 is 5.91 Å². The molecule has 0 spiro atoms. The molecule has 86 valence electrons. The molecule has 2 heteroatoms. The van der Waals surface area contributed by atoms with Crippen LogP contribution in [0, 0.1) is 12.8 Å². The molecule has 1 fully saturated rings. The Morgan fingerprint density at radius 3 is 2.19 bits per heavy atom. The van der Waals surface area contributed by atoms with Gasteiger partial charge in [-0.15, -0.1) is 0 Å². The largest absolute Gasteiger partial charge is 0.350 e. The molecule has 1 aliphatic rings. The van der Waals surface area contributed by atoms with E-state index in [0.29, 0.717) is 0 Å². The van der Waals surface area contributed by atoms with Gasteiger partial charge in [-0.25, -0.2) is 0 Å². The molecule has 2 nitrogen and oxygen atoms in total. The van der Waals surface area contributed by atoms with Crippen molar-refractivity contribution < 1.29 is 4.79 Å². The molecule has 0 saturated carbocycles. The van der Waals surface area contributed by atoms with Gasteiger partial charge in [-0.05, 0) is 26.3 Å². The average molecular weight is 217 g/mol. The Kier molecular flexibility index (Phi) is 2.53. The summed E-state index contributed by atoms with van der Waals surface area (Å²) in [5, 5.41) is 3.07. The number of carbonyl (C=O) groups excluding carboxylic acids is 1. The summed E-state index contributed by atoms with van der Waals surface area (Å²) in [6.07, 6.45) is 0. The fraction of sp³-hybridized carbons (Fsp3) is 0.500. The zero-order valence-electron chi connectivity index (χ0n) is 10.4. The van der Waals surface area contributed by atoms with Gasteiger partial charge in [0, 0.05) is 17.4 Å². The first-order chi connectivity index (χ1) is 7.42. The summed E-state index contributed by atoms with van der Waals surface area (Å²) in [4.78, 5) is 11.7. The molecule has 0 radical (unpaired) electrons. The second-order valence-corrected chi connectivity index (χ2v) is 5.39. The molecule has 16 heavy (non-hydrogen) atoms. The zero-order valence-corrected chi connectivity index (χ0v) is 10.4. The average Bonchev–Trinajstić information content (AvgIpc) is 2.39. The van der Waals surface area contributed by atoms with Crippen molar-refractivity contribution in [3.8, 4) is 0 Å². The number of hydrogen-bond donors (Lipinski definition) is 1. The molecule has 0 unspecified atom stereocenters. The summed E-state index contributed by atoms with van der Waals surface area (Å²) >= 11 is 0. The highest BCUT2D eigenvalue weighted by Crippen LogP contribution is 2.39. The van der Waals surface area contributed by atoms with Crippen LogP contribution in [0.5, 0.6) is 0 Å². The smallest absolute Gasteiger partial charge is 0.223 e. The van der Waals surface area contributed by atoms with Gasteiger partial charge in [-0.1, -0.05) is 36.8 Å². The van der Waals surface area contributed by atoms with E-state index in [4.69, 9.17) is 0 Å². The van der Waals surface area contributed by atoms with Crippen LogP contribution < -0.4 is 5.32 Å². The molecule has 2 rings (SSSR count). The molecular weight excluding hydrogens is 198 g/mol. The van der Waals surface area contributed by atoms with Crippen molar-refractivity contribution in [2.45, 2.75) is 39.2 Å². The highest BCUT2D eigenvalue weighted by Gasteiger charge is 2.45. The molecule has 1 N–H and O–H groups in total. The van der Waals surface area contributed by atoms with E-state index >= 15 is 0 Å². The summed E-state index contributed by atoms with van der Waals surface area (Å²) in [5.74, 6) is 0.480. The van der Waals surface area contributed by atoms with Crippen molar-refractivity contribution in [1.29, 1.82) is 0 Å². The zero-order chi connectivity index (χ0) is 11.9. The Bertz CT molecular complexity index is 405. The minimum Gasteiger partial charge on any atom is -0.350 e. The second kappa shape index (κ2) is 3.62. The first-order valence-electron chi connectivity index (χ1n) is 5.80. The van der Waals surface area contributed by atoms with E-state index in [-0.39, 0.29) is 23.3 Å². The molecule has 1 aromatic rings. The molecule has 0 aromatic heterocycles. The predicted molar refractivity (Wildman–Crippen MR) is 65.3 cm³/mol. The normalized spacial score (nSPS) is 27.9. The maximum absolute atomic E-state index is 11.7. The van der Waals surface area contributed by atoms with Crippen molar-refractivity contribution in [2.75, 3.05) is 0 Å². The monoisotopic (exact) mass is 217 g/mol. The van der Waals surface area contributed by atoms with Gasteiger partial charge >= 0.3 is 0 Å². The predicted octanol–water partition coefficient (Wildman–Crippen LogP) is 2.62. The highest BCUT2D eigenvalue weighted by atomic mass is 16.2. The third-order valence-electron chi connectivity index (χ3n) is 3.57. The Hall–Kier alpha value is -1.31. The van der Waals surface area contributed by atoms with Crippen molar-refractivity contribution in [2.24, 2.45) is 5.92 Å². The lowest BCUT2D eigenvalue weighted by molar-refractivity contribution is -0.122. The van der Waals surface area contributed by atoms with Crippen LogP contribution in [0.1, 0.15) is 37.8 Å². The standard InChI is InChI=1S/C14H19NO/c1-9-5-7-11(8-6-9)12-10(2)13(16)15-14(12,3)4/h5-8,10,12H,1-4H3,(H,15,16)/t10-,12+/m0/s1. The van der Waals surface area contributed by atoms with E-state index in [9.17, 15) is 4.79 Å². The lowest BCUT2D eigenvalue weighted by Crippen LogP contribution is -2.38. The number of hydrogen-bond acceptors (Lipinski definition) is 1. The van der Waals surface area contributed by atoms with E-state index in [0.717, 1.165) is 0 Å². The lowest BCUT2D eigenvalue weighted by Gasteiger charge is -2.28. The molecule has 1 amide bonds. The second-order valence-electron chi connectivity index (χ2n) is 5.39. The first kappa shape index (κ1) is 11.2. The van der Waals surface area contributed by atoms with Gasteiger partial charge in [0.2, 0.25) is 5.91 Å².